The number of nitrogens with zero attached hydrogens (tertiary/aromatic N) is 2. The first-order valence-electron chi connectivity index (χ1n) is 10.4. The molecule has 3 rings (SSSR count). The summed E-state index contributed by atoms with van der Waals surface area (Å²) in [5.74, 6) is -0.511. The minimum absolute atomic E-state index is 0.166. The first-order valence-corrected chi connectivity index (χ1v) is 11.2. The fraction of sp³-hybridized carbons (Fsp3) is 0.524. The first kappa shape index (κ1) is 23.3. The number of halogens is 3. The second-order valence-corrected chi connectivity index (χ2v) is 8.42. The lowest BCUT2D eigenvalue weighted by Crippen LogP contribution is -2.39. The third kappa shape index (κ3) is 6.33. The summed E-state index contributed by atoms with van der Waals surface area (Å²) in [5.41, 5.74) is 5.66. The van der Waals surface area contributed by atoms with Crippen LogP contribution in [-0.2, 0) is 17.5 Å². The van der Waals surface area contributed by atoms with Gasteiger partial charge in [-0.3, -0.25) is 9.69 Å². The van der Waals surface area contributed by atoms with Crippen molar-refractivity contribution in [2.24, 2.45) is 5.73 Å². The van der Waals surface area contributed by atoms with Crippen LogP contribution in [0.15, 0.2) is 23.6 Å². The van der Waals surface area contributed by atoms with E-state index in [1.807, 2.05) is 17.2 Å². The number of unbranched alkanes of at least 4 members (excludes halogenated alkanes) is 2. The molecule has 0 saturated carbocycles. The second-order valence-electron chi connectivity index (χ2n) is 7.56. The maximum atomic E-state index is 13.5. The van der Waals surface area contributed by atoms with E-state index in [4.69, 9.17) is 10.5 Å². The number of anilines is 2. The lowest BCUT2D eigenvalue weighted by Gasteiger charge is -2.20. The molecule has 1 aromatic heterocycles. The van der Waals surface area contributed by atoms with Gasteiger partial charge in [0.1, 0.15) is 5.75 Å². The Labute approximate surface area is 183 Å². The maximum Gasteiger partial charge on any atom is 0.420 e. The number of aromatic nitrogens is 1. The summed E-state index contributed by atoms with van der Waals surface area (Å²) in [5, 5.41) is 5.25. The number of hydrogen-bond acceptors (Lipinski definition) is 6. The molecule has 0 bridgehead atoms. The molecule has 0 radical (unpaired) electrons. The molecule has 1 aliphatic heterocycles. The topological polar surface area (TPSA) is 80.5 Å². The number of likely N-dealkylation sites (tertiary alicyclic amines) is 1. The van der Waals surface area contributed by atoms with Crippen molar-refractivity contribution in [3.05, 3.63) is 34.8 Å². The van der Waals surface area contributed by atoms with Crippen LogP contribution in [0.1, 0.15) is 50.3 Å². The number of alkyl halides is 3. The number of nitrogens with two attached hydrogens (primary N) is 1. The van der Waals surface area contributed by atoms with E-state index in [0.717, 1.165) is 44.0 Å². The van der Waals surface area contributed by atoms with E-state index in [-0.39, 0.29) is 30.0 Å². The molecular weight excluding hydrogens is 429 g/mol. The molecule has 2 aromatic rings. The van der Waals surface area contributed by atoms with Crippen LogP contribution >= 0.6 is 11.3 Å². The van der Waals surface area contributed by atoms with E-state index in [2.05, 4.69) is 10.3 Å². The number of amides is 1. The van der Waals surface area contributed by atoms with Crippen LogP contribution in [0.3, 0.4) is 0 Å². The highest BCUT2D eigenvalue weighted by atomic mass is 32.1. The van der Waals surface area contributed by atoms with Gasteiger partial charge in [-0.15, -0.1) is 11.3 Å². The Morgan fingerprint density at radius 2 is 2.19 bits per heavy atom. The number of nitrogens with one attached hydrogen (secondary N) is 1. The SMILES string of the molecule is CCCCCOc1ccc(Nc2nc(CN3CCC[C@H]3C(N)=O)cs2)cc1C(F)(F)F. The molecule has 1 aromatic carbocycles. The quantitative estimate of drug-likeness (QED) is 0.496. The average Bonchev–Trinajstić information content (AvgIpc) is 3.35. The largest absolute Gasteiger partial charge is 0.493 e. The molecule has 0 unspecified atom stereocenters. The molecule has 2 heterocycles. The van der Waals surface area contributed by atoms with Gasteiger partial charge < -0.3 is 15.8 Å². The van der Waals surface area contributed by atoms with Crippen LogP contribution in [0.5, 0.6) is 5.75 Å². The molecule has 1 atom stereocenters. The van der Waals surface area contributed by atoms with Crippen molar-refractivity contribution < 1.29 is 22.7 Å². The highest BCUT2D eigenvalue weighted by Gasteiger charge is 2.35. The molecule has 0 spiro atoms. The summed E-state index contributed by atoms with van der Waals surface area (Å²) in [6.45, 7) is 3.52. The Morgan fingerprint density at radius 3 is 2.90 bits per heavy atom. The first-order chi connectivity index (χ1) is 14.8. The van der Waals surface area contributed by atoms with Gasteiger partial charge >= 0.3 is 6.18 Å². The normalized spacial score (nSPS) is 17.1. The summed E-state index contributed by atoms with van der Waals surface area (Å²) in [6, 6.07) is 3.64. The highest BCUT2D eigenvalue weighted by molar-refractivity contribution is 7.13. The van der Waals surface area contributed by atoms with Gasteiger partial charge in [-0.25, -0.2) is 4.98 Å². The Kier molecular flexibility index (Phi) is 7.77. The van der Waals surface area contributed by atoms with Gasteiger partial charge in [-0.2, -0.15) is 13.2 Å². The molecule has 10 heteroatoms. The van der Waals surface area contributed by atoms with Crippen molar-refractivity contribution >= 4 is 28.1 Å². The Hall–Kier alpha value is -2.33. The van der Waals surface area contributed by atoms with E-state index in [1.54, 1.807) is 6.07 Å². The van der Waals surface area contributed by atoms with Crippen LogP contribution < -0.4 is 15.8 Å². The third-order valence-electron chi connectivity index (χ3n) is 5.15. The predicted octanol–water partition coefficient (Wildman–Crippen LogP) is 4.92. The number of carbonyl (C=O) groups excluding carboxylic acids is 1. The molecule has 1 saturated heterocycles. The zero-order valence-corrected chi connectivity index (χ0v) is 18.2. The van der Waals surface area contributed by atoms with Gasteiger partial charge in [0.15, 0.2) is 5.13 Å². The van der Waals surface area contributed by atoms with E-state index < -0.39 is 11.7 Å². The summed E-state index contributed by atoms with van der Waals surface area (Å²) >= 11 is 1.30. The Bertz CT molecular complexity index is 888. The predicted molar refractivity (Wildman–Crippen MR) is 114 cm³/mol. The van der Waals surface area contributed by atoms with Crippen molar-refractivity contribution in [3.63, 3.8) is 0 Å². The number of hydrogen-bond donors (Lipinski definition) is 2. The fourth-order valence-electron chi connectivity index (χ4n) is 3.60. The molecule has 1 fully saturated rings. The number of ether oxygens (including phenoxy) is 1. The van der Waals surface area contributed by atoms with Crippen LogP contribution in [0.4, 0.5) is 24.0 Å². The van der Waals surface area contributed by atoms with Crippen LogP contribution in [-0.4, -0.2) is 35.0 Å². The lowest BCUT2D eigenvalue weighted by atomic mass is 10.1. The zero-order valence-electron chi connectivity index (χ0n) is 17.4. The summed E-state index contributed by atoms with van der Waals surface area (Å²) in [4.78, 5) is 18.0. The molecule has 1 aliphatic rings. The number of rotatable bonds is 10. The van der Waals surface area contributed by atoms with Gasteiger partial charge in [0.25, 0.3) is 0 Å². The van der Waals surface area contributed by atoms with Crippen LogP contribution in [0, 0.1) is 0 Å². The van der Waals surface area contributed by atoms with Gasteiger partial charge in [0.2, 0.25) is 5.91 Å². The van der Waals surface area contributed by atoms with Gasteiger partial charge in [-0.05, 0) is 44.0 Å². The van der Waals surface area contributed by atoms with E-state index in [0.29, 0.717) is 18.1 Å². The second kappa shape index (κ2) is 10.3. The Morgan fingerprint density at radius 1 is 1.39 bits per heavy atom. The van der Waals surface area contributed by atoms with Gasteiger partial charge in [-0.1, -0.05) is 19.8 Å². The van der Waals surface area contributed by atoms with E-state index in [9.17, 15) is 18.0 Å². The summed E-state index contributed by atoms with van der Waals surface area (Å²) in [7, 11) is 0. The standard InChI is InChI=1S/C21H27F3N4O2S/c1-2-3-4-10-30-18-8-7-14(11-16(18)21(22,23)24)26-20-27-15(13-31-20)12-28-9-5-6-17(28)19(25)29/h7-8,11,13,17H,2-6,9-10,12H2,1H3,(H2,25,29)(H,26,27)/t17-/m0/s1. The van der Waals surface area contributed by atoms with Crippen molar-refractivity contribution in [1.82, 2.24) is 9.88 Å². The zero-order chi connectivity index (χ0) is 22.4. The molecule has 31 heavy (non-hydrogen) atoms. The number of benzene rings is 1. The monoisotopic (exact) mass is 456 g/mol. The van der Waals surface area contributed by atoms with Gasteiger partial charge in [0.05, 0.1) is 23.9 Å². The van der Waals surface area contributed by atoms with Gasteiger partial charge in [0, 0.05) is 17.6 Å². The molecule has 0 aliphatic carbocycles. The maximum absolute atomic E-state index is 13.5. The summed E-state index contributed by atoms with van der Waals surface area (Å²) in [6.07, 6.45) is -0.303. The number of thiazole rings is 1. The highest BCUT2D eigenvalue weighted by Crippen LogP contribution is 2.38. The molecule has 170 valence electrons. The smallest absolute Gasteiger partial charge is 0.420 e. The molecule has 1 amide bonds. The van der Waals surface area contributed by atoms with Crippen LogP contribution in [0.2, 0.25) is 0 Å². The number of carbonyl (C=O) groups is 1. The average molecular weight is 457 g/mol. The molecule has 6 nitrogen and oxygen atoms in total. The lowest BCUT2D eigenvalue weighted by molar-refractivity contribution is -0.139. The fourth-order valence-corrected chi connectivity index (χ4v) is 4.32. The summed E-state index contributed by atoms with van der Waals surface area (Å²) < 4.78 is 45.9. The minimum Gasteiger partial charge on any atom is -0.493 e. The molecule has 3 N–H and O–H groups in total. The van der Waals surface area contributed by atoms with Crippen molar-refractivity contribution in [2.75, 3.05) is 18.5 Å². The van der Waals surface area contributed by atoms with E-state index >= 15 is 0 Å². The molecular formula is C21H27F3N4O2S. The van der Waals surface area contributed by atoms with E-state index in [1.165, 1.54) is 17.4 Å². The van der Waals surface area contributed by atoms with Crippen molar-refractivity contribution in [3.8, 4) is 5.75 Å². The Balaban J connectivity index is 1.67. The van der Waals surface area contributed by atoms with Crippen molar-refractivity contribution in [1.29, 1.82) is 0 Å². The van der Waals surface area contributed by atoms with Crippen LogP contribution in [0.25, 0.3) is 0 Å². The minimum atomic E-state index is -4.52. The third-order valence-corrected chi connectivity index (χ3v) is 5.96. The number of primary amides is 1. The van der Waals surface area contributed by atoms with Crippen molar-refractivity contribution in [2.45, 2.75) is 57.8 Å².